The second kappa shape index (κ2) is 2.97. The SMILES string of the molecule is O=C1CCCC2OC3=CCCCC3=C12. The molecular formula is C12H14O2. The largest absolute Gasteiger partial charge is 0.486 e. The van der Waals surface area contributed by atoms with E-state index in [9.17, 15) is 4.79 Å². The van der Waals surface area contributed by atoms with Crippen molar-refractivity contribution in [1.82, 2.24) is 0 Å². The smallest absolute Gasteiger partial charge is 0.162 e. The Balaban J connectivity index is 2.07. The number of carbonyl (C=O) groups excluding carboxylic acids is 1. The second-order valence-corrected chi connectivity index (χ2v) is 4.27. The summed E-state index contributed by atoms with van der Waals surface area (Å²) in [7, 11) is 0. The third-order valence-corrected chi connectivity index (χ3v) is 3.34. The third kappa shape index (κ3) is 1.06. The molecule has 14 heavy (non-hydrogen) atoms. The predicted molar refractivity (Wildman–Crippen MR) is 52.7 cm³/mol. The van der Waals surface area contributed by atoms with Crippen molar-refractivity contribution in [3.8, 4) is 0 Å². The molecule has 1 aliphatic heterocycles. The molecule has 3 aliphatic rings. The number of ketones is 1. The van der Waals surface area contributed by atoms with E-state index in [4.69, 9.17) is 4.74 Å². The lowest BCUT2D eigenvalue weighted by Crippen LogP contribution is -2.22. The second-order valence-electron chi connectivity index (χ2n) is 4.27. The Kier molecular flexibility index (Phi) is 1.76. The normalized spacial score (nSPS) is 30.7. The first-order chi connectivity index (χ1) is 6.86. The van der Waals surface area contributed by atoms with Crippen LogP contribution < -0.4 is 0 Å². The average molecular weight is 190 g/mol. The molecule has 3 rings (SSSR count). The summed E-state index contributed by atoms with van der Waals surface area (Å²) in [5.74, 6) is 1.35. The van der Waals surface area contributed by atoms with E-state index in [1.807, 2.05) is 0 Å². The number of hydrogen-bond acceptors (Lipinski definition) is 2. The van der Waals surface area contributed by atoms with Gasteiger partial charge in [-0.15, -0.1) is 0 Å². The topological polar surface area (TPSA) is 26.3 Å². The molecule has 2 nitrogen and oxygen atoms in total. The Labute approximate surface area is 83.6 Å². The quantitative estimate of drug-likeness (QED) is 0.586. The van der Waals surface area contributed by atoms with E-state index >= 15 is 0 Å². The highest BCUT2D eigenvalue weighted by Crippen LogP contribution is 2.41. The van der Waals surface area contributed by atoms with Gasteiger partial charge in [0, 0.05) is 17.6 Å². The molecule has 1 fully saturated rings. The van der Waals surface area contributed by atoms with Gasteiger partial charge < -0.3 is 4.74 Å². The van der Waals surface area contributed by atoms with Gasteiger partial charge in [0.25, 0.3) is 0 Å². The third-order valence-electron chi connectivity index (χ3n) is 3.34. The standard InChI is InChI=1S/C12H14O2/c13-9-5-3-7-11-12(9)8-4-1-2-6-10(8)14-11/h6,11H,1-5,7H2. The zero-order chi connectivity index (χ0) is 9.54. The van der Waals surface area contributed by atoms with Gasteiger partial charge in [-0.2, -0.15) is 0 Å². The van der Waals surface area contributed by atoms with Crippen molar-refractivity contribution >= 4 is 5.78 Å². The summed E-state index contributed by atoms with van der Waals surface area (Å²) in [5.41, 5.74) is 2.24. The van der Waals surface area contributed by atoms with Gasteiger partial charge in [-0.05, 0) is 38.2 Å². The van der Waals surface area contributed by atoms with Gasteiger partial charge >= 0.3 is 0 Å². The Bertz CT molecular complexity index is 349. The summed E-state index contributed by atoms with van der Waals surface area (Å²) in [4.78, 5) is 11.8. The maximum Gasteiger partial charge on any atom is 0.162 e. The van der Waals surface area contributed by atoms with E-state index in [2.05, 4.69) is 6.08 Å². The summed E-state index contributed by atoms with van der Waals surface area (Å²) < 4.78 is 5.81. The number of carbonyl (C=O) groups is 1. The van der Waals surface area contributed by atoms with Gasteiger partial charge in [0.1, 0.15) is 11.9 Å². The summed E-state index contributed by atoms with van der Waals surface area (Å²) in [6.07, 6.45) is 8.33. The molecule has 0 radical (unpaired) electrons. The molecule has 0 aromatic rings. The molecule has 0 aromatic heterocycles. The van der Waals surface area contributed by atoms with Crippen LogP contribution in [0.4, 0.5) is 0 Å². The number of rotatable bonds is 0. The number of allylic oxidation sites excluding steroid dienone is 2. The van der Waals surface area contributed by atoms with Crippen LogP contribution in [-0.4, -0.2) is 11.9 Å². The first kappa shape index (κ1) is 8.27. The highest BCUT2D eigenvalue weighted by atomic mass is 16.5. The first-order valence-electron chi connectivity index (χ1n) is 5.49. The van der Waals surface area contributed by atoms with Crippen LogP contribution in [0.2, 0.25) is 0 Å². The average Bonchev–Trinajstić information content (AvgIpc) is 2.57. The number of ether oxygens (including phenoxy) is 1. The van der Waals surface area contributed by atoms with E-state index < -0.39 is 0 Å². The Morgan fingerprint density at radius 3 is 3.14 bits per heavy atom. The van der Waals surface area contributed by atoms with Crippen molar-refractivity contribution in [2.24, 2.45) is 0 Å². The van der Waals surface area contributed by atoms with Crippen LogP contribution in [0.3, 0.4) is 0 Å². The lowest BCUT2D eigenvalue weighted by Gasteiger charge is -2.18. The molecule has 0 spiro atoms. The molecule has 2 aliphatic carbocycles. The highest BCUT2D eigenvalue weighted by molar-refractivity contribution is 5.99. The first-order valence-corrected chi connectivity index (χ1v) is 5.49. The van der Waals surface area contributed by atoms with E-state index in [1.165, 1.54) is 12.0 Å². The summed E-state index contributed by atoms with van der Waals surface area (Å²) >= 11 is 0. The molecule has 0 amide bonds. The Morgan fingerprint density at radius 1 is 1.29 bits per heavy atom. The van der Waals surface area contributed by atoms with E-state index in [-0.39, 0.29) is 6.10 Å². The summed E-state index contributed by atoms with van der Waals surface area (Å²) in [5, 5.41) is 0. The Morgan fingerprint density at radius 2 is 2.21 bits per heavy atom. The fraction of sp³-hybridized carbons (Fsp3) is 0.583. The van der Waals surface area contributed by atoms with Crippen LogP contribution in [-0.2, 0) is 9.53 Å². The summed E-state index contributed by atoms with van der Waals surface area (Å²) in [6.45, 7) is 0. The van der Waals surface area contributed by atoms with E-state index in [0.717, 1.165) is 43.4 Å². The maximum atomic E-state index is 11.8. The number of fused-ring (bicyclic) bond motifs is 2. The fourth-order valence-corrected chi connectivity index (χ4v) is 2.69. The van der Waals surface area contributed by atoms with Gasteiger partial charge in [-0.3, -0.25) is 4.79 Å². The lowest BCUT2D eigenvalue weighted by molar-refractivity contribution is -0.117. The van der Waals surface area contributed by atoms with Crippen molar-refractivity contribution < 1.29 is 9.53 Å². The molecule has 1 heterocycles. The van der Waals surface area contributed by atoms with Gasteiger partial charge in [0.2, 0.25) is 0 Å². The Hall–Kier alpha value is -1.05. The monoisotopic (exact) mass is 190 g/mol. The van der Waals surface area contributed by atoms with Crippen molar-refractivity contribution in [2.75, 3.05) is 0 Å². The van der Waals surface area contributed by atoms with Gasteiger partial charge in [-0.1, -0.05) is 0 Å². The molecule has 0 bridgehead atoms. The summed E-state index contributed by atoms with van der Waals surface area (Å²) in [6, 6.07) is 0. The highest BCUT2D eigenvalue weighted by Gasteiger charge is 2.37. The molecule has 74 valence electrons. The predicted octanol–water partition coefficient (Wildman–Crippen LogP) is 2.50. The molecule has 0 saturated heterocycles. The maximum absolute atomic E-state index is 11.8. The van der Waals surface area contributed by atoms with Gasteiger partial charge in [-0.25, -0.2) is 0 Å². The number of hydrogen-bond donors (Lipinski definition) is 0. The van der Waals surface area contributed by atoms with Crippen molar-refractivity contribution in [3.63, 3.8) is 0 Å². The molecule has 1 unspecified atom stereocenters. The van der Waals surface area contributed by atoms with Crippen LogP contribution in [0.1, 0.15) is 38.5 Å². The van der Waals surface area contributed by atoms with E-state index in [0.29, 0.717) is 5.78 Å². The van der Waals surface area contributed by atoms with Crippen LogP contribution in [0, 0.1) is 0 Å². The van der Waals surface area contributed by atoms with E-state index in [1.54, 1.807) is 0 Å². The molecule has 1 saturated carbocycles. The molecule has 0 aromatic carbocycles. The zero-order valence-electron chi connectivity index (χ0n) is 8.21. The molecule has 2 heteroatoms. The van der Waals surface area contributed by atoms with Crippen LogP contribution in [0.15, 0.2) is 23.0 Å². The van der Waals surface area contributed by atoms with Crippen molar-refractivity contribution in [3.05, 3.63) is 23.0 Å². The van der Waals surface area contributed by atoms with Crippen molar-refractivity contribution in [1.29, 1.82) is 0 Å². The van der Waals surface area contributed by atoms with Crippen LogP contribution >= 0.6 is 0 Å². The van der Waals surface area contributed by atoms with Crippen LogP contribution in [0.5, 0.6) is 0 Å². The van der Waals surface area contributed by atoms with Crippen molar-refractivity contribution in [2.45, 2.75) is 44.6 Å². The van der Waals surface area contributed by atoms with Crippen LogP contribution in [0.25, 0.3) is 0 Å². The lowest BCUT2D eigenvalue weighted by atomic mass is 9.86. The zero-order valence-corrected chi connectivity index (χ0v) is 8.21. The fourth-order valence-electron chi connectivity index (χ4n) is 2.69. The molecular weight excluding hydrogens is 176 g/mol. The number of Topliss-reactive ketones (excluding diaryl/α,β-unsaturated/α-hetero) is 1. The minimum Gasteiger partial charge on any atom is -0.486 e. The molecule has 0 N–H and O–H groups in total. The van der Waals surface area contributed by atoms with Gasteiger partial charge in [0.05, 0.1) is 0 Å². The molecule has 1 atom stereocenters. The minimum atomic E-state index is 0.107. The minimum absolute atomic E-state index is 0.107. The van der Waals surface area contributed by atoms with Gasteiger partial charge in [0.15, 0.2) is 5.78 Å².